The molecule has 0 radical (unpaired) electrons. The lowest BCUT2D eigenvalue weighted by Crippen LogP contribution is -2.00. The molecule has 0 heterocycles. The number of carbonyl (C=O) groups excluding carboxylic acids is 2. The summed E-state index contributed by atoms with van der Waals surface area (Å²) < 4.78 is 26.4. The van der Waals surface area contributed by atoms with Crippen molar-refractivity contribution in [1.29, 1.82) is 0 Å². The van der Waals surface area contributed by atoms with E-state index in [-0.39, 0.29) is 22.3 Å². The second kappa shape index (κ2) is 5.69. The molecule has 0 fully saturated rings. The fraction of sp³-hybridized carbons (Fsp3) is 0. The summed E-state index contributed by atoms with van der Waals surface area (Å²) in [5, 5.41) is -1.78. The van der Waals surface area contributed by atoms with Crippen molar-refractivity contribution in [3.63, 3.8) is 0 Å². The van der Waals surface area contributed by atoms with Crippen LogP contribution in [0.2, 0.25) is 0 Å². The van der Waals surface area contributed by atoms with Crippen LogP contribution in [0.25, 0.3) is 11.1 Å². The van der Waals surface area contributed by atoms with Crippen molar-refractivity contribution in [2.75, 3.05) is 0 Å². The maximum absolute atomic E-state index is 13.2. The van der Waals surface area contributed by atoms with Gasteiger partial charge < -0.3 is 0 Å². The van der Waals surface area contributed by atoms with Gasteiger partial charge in [0, 0.05) is 11.1 Å². The molecule has 2 aromatic rings. The molecule has 0 spiro atoms. The molecule has 20 heavy (non-hydrogen) atoms. The highest BCUT2D eigenvalue weighted by Gasteiger charge is 2.18. The molecule has 0 amide bonds. The van der Waals surface area contributed by atoms with Crippen LogP contribution in [0.5, 0.6) is 0 Å². The van der Waals surface area contributed by atoms with Gasteiger partial charge in [0.05, 0.1) is 0 Å². The summed E-state index contributed by atoms with van der Waals surface area (Å²) >= 11 is 10.8. The highest BCUT2D eigenvalue weighted by atomic mass is 35.5. The average Bonchev–Trinajstić information content (AvgIpc) is 2.38. The van der Waals surface area contributed by atoms with E-state index in [2.05, 4.69) is 0 Å². The van der Waals surface area contributed by atoms with Crippen molar-refractivity contribution in [3.05, 3.63) is 59.2 Å². The third-order valence-corrected chi connectivity index (χ3v) is 3.08. The van der Waals surface area contributed by atoms with E-state index in [4.69, 9.17) is 23.2 Å². The molecule has 2 aromatic carbocycles. The van der Waals surface area contributed by atoms with Gasteiger partial charge in [-0.3, -0.25) is 9.59 Å². The van der Waals surface area contributed by atoms with Crippen LogP contribution in [0.4, 0.5) is 8.78 Å². The lowest BCUT2D eigenvalue weighted by Gasteiger charge is -2.10. The van der Waals surface area contributed by atoms with E-state index in [1.807, 2.05) is 0 Å². The van der Waals surface area contributed by atoms with Gasteiger partial charge in [-0.15, -0.1) is 0 Å². The fourth-order valence-electron chi connectivity index (χ4n) is 1.83. The molecular weight excluding hydrogens is 309 g/mol. The van der Waals surface area contributed by atoms with E-state index >= 15 is 0 Å². The SMILES string of the molecule is O=C(Cl)c1cc(F)ccc1-c1ccc(F)cc1C(=O)Cl. The van der Waals surface area contributed by atoms with E-state index in [9.17, 15) is 18.4 Å². The molecular formula is C14H6Cl2F2O2. The van der Waals surface area contributed by atoms with Gasteiger partial charge in [0.15, 0.2) is 0 Å². The van der Waals surface area contributed by atoms with Crippen LogP contribution < -0.4 is 0 Å². The van der Waals surface area contributed by atoms with Crippen LogP contribution >= 0.6 is 23.2 Å². The second-order valence-corrected chi connectivity index (χ2v) is 4.61. The van der Waals surface area contributed by atoms with E-state index in [0.29, 0.717) is 0 Å². The zero-order valence-corrected chi connectivity index (χ0v) is 11.3. The van der Waals surface area contributed by atoms with Crippen LogP contribution in [0.1, 0.15) is 20.7 Å². The van der Waals surface area contributed by atoms with Gasteiger partial charge in [0.1, 0.15) is 11.6 Å². The summed E-state index contributed by atoms with van der Waals surface area (Å²) in [7, 11) is 0. The van der Waals surface area contributed by atoms with E-state index < -0.39 is 22.1 Å². The predicted octanol–water partition coefficient (Wildman–Crippen LogP) is 4.39. The summed E-state index contributed by atoms with van der Waals surface area (Å²) in [5.41, 5.74) is 0.153. The van der Waals surface area contributed by atoms with Gasteiger partial charge in [-0.25, -0.2) is 8.78 Å². The number of rotatable bonds is 3. The first-order chi connectivity index (χ1) is 9.40. The molecule has 0 aliphatic heterocycles. The predicted molar refractivity (Wildman–Crippen MR) is 72.2 cm³/mol. The maximum atomic E-state index is 13.2. The Bertz CT molecular complexity index is 653. The Morgan fingerprint density at radius 2 is 1.10 bits per heavy atom. The van der Waals surface area contributed by atoms with Gasteiger partial charge in [-0.2, -0.15) is 0 Å². The lowest BCUT2D eigenvalue weighted by molar-refractivity contribution is 0.107. The third-order valence-electron chi connectivity index (χ3n) is 2.68. The van der Waals surface area contributed by atoms with Crippen molar-refractivity contribution < 1.29 is 18.4 Å². The lowest BCUT2D eigenvalue weighted by atomic mass is 9.96. The van der Waals surface area contributed by atoms with Crippen LogP contribution in [-0.4, -0.2) is 10.5 Å². The molecule has 0 aliphatic rings. The molecule has 0 saturated heterocycles. The van der Waals surface area contributed by atoms with Gasteiger partial charge >= 0.3 is 0 Å². The van der Waals surface area contributed by atoms with Crippen molar-refractivity contribution in [3.8, 4) is 11.1 Å². The van der Waals surface area contributed by atoms with Crippen LogP contribution in [0.15, 0.2) is 36.4 Å². The number of hydrogen-bond acceptors (Lipinski definition) is 2. The standard InChI is InChI=1S/C14H6Cl2F2O2/c15-13(19)11-5-7(17)1-3-9(11)10-4-2-8(18)6-12(10)14(16)20/h1-6H. The third kappa shape index (κ3) is 2.86. The van der Waals surface area contributed by atoms with Gasteiger partial charge in [0.25, 0.3) is 10.5 Å². The Balaban J connectivity index is 2.75. The monoisotopic (exact) mass is 314 g/mol. The largest absolute Gasteiger partial charge is 0.276 e. The minimum absolute atomic E-state index is 0.127. The Morgan fingerprint density at radius 1 is 0.750 bits per heavy atom. The van der Waals surface area contributed by atoms with E-state index in [1.165, 1.54) is 12.1 Å². The molecule has 0 atom stereocenters. The molecule has 2 nitrogen and oxygen atoms in total. The zero-order chi connectivity index (χ0) is 14.9. The zero-order valence-electron chi connectivity index (χ0n) is 9.79. The number of halogens is 4. The van der Waals surface area contributed by atoms with Gasteiger partial charge in [-0.05, 0) is 58.6 Å². The molecule has 2 rings (SSSR count). The number of carbonyl (C=O) groups is 2. The average molecular weight is 315 g/mol. The number of hydrogen-bond donors (Lipinski definition) is 0. The molecule has 6 heteroatoms. The first-order valence-corrected chi connectivity index (χ1v) is 6.15. The molecule has 102 valence electrons. The first kappa shape index (κ1) is 14.6. The quantitative estimate of drug-likeness (QED) is 0.787. The molecule has 0 aromatic heterocycles. The summed E-state index contributed by atoms with van der Waals surface area (Å²) in [6.07, 6.45) is 0. The Labute approximate surface area is 122 Å². The molecule has 0 saturated carbocycles. The fourth-order valence-corrected chi connectivity index (χ4v) is 2.14. The highest BCUT2D eigenvalue weighted by Crippen LogP contribution is 2.30. The van der Waals surface area contributed by atoms with Crippen LogP contribution in [0, 0.1) is 11.6 Å². The first-order valence-electron chi connectivity index (χ1n) is 5.39. The van der Waals surface area contributed by atoms with Crippen molar-refractivity contribution in [2.45, 2.75) is 0 Å². The highest BCUT2D eigenvalue weighted by molar-refractivity contribution is 6.69. The van der Waals surface area contributed by atoms with Gasteiger partial charge in [0.2, 0.25) is 0 Å². The number of benzene rings is 2. The van der Waals surface area contributed by atoms with E-state index in [1.54, 1.807) is 0 Å². The van der Waals surface area contributed by atoms with Crippen molar-refractivity contribution in [1.82, 2.24) is 0 Å². The van der Waals surface area contributed by atoms with E-state index in [0.717, 1.165) is 24.3 Å². The summed E-state index contributed by atoms with van der Waals surface area (Å²) in [5.74, 6) is -1.31. The molecule has 0 unspecified atom stereocenters. The minimum atomic E-state index is -0.892. The normalized spacial score (nSPS) is 10.4. The van der Waals surface area contributed by atoms with Crippen molar-refractivity contribution >= 4 is 33.7 Å². The summed E-state index contributed by atoms with van der Waals surface area (Å²) in [4.78, 5) is 22.7. The molecule has 0 bridgehead atoms. The van der Waals surface area contributed by atoms with Gasteiger partial charge in [-0.1, -0.05) is 12.1 Å². The topological polar surface area (TPSA) is 34.1 Å². The second-order valence-electron chi connectivity index (χ2n) is 3.93. The smallest absolute Gasteiger partial charge is 0.253 e. The Morgan fingerprint density at radius 3 is 1.40 bits per heavy atom. The minimum Gasteiger partial charge on any atom is -0.276 e. The molecule has 0 N–H and O–H groups in total. The van der Waals surface area contributed by atoms with Crippen LogP contribution in [-0.2, 0) is 0 Å². The van der Waals surface area contributed by atoms with Crippen molar-refractivity contribution in [2.24, 2.45) is 0 Å². The Kier molecular flexibility index (Phi) is 4.16. The summed E-state index contributed by atoms with van der Waals surface area (Å²) in [6.45, 7) is 0. The van der Waals surface area contributed by atoms with Crippen LogP contribution in [0.3, 0.4) is 0 Å². The summed E-state index contributed by atoms with van der Waals surface area (Å²) in [6, 6.07) is 6.64. The maximum Gasteiger partial charge on any atom is 0.253 e. The Hall–Kier alpha value is -1.78. The molecule has 0 aliphatic carbocycles.